The van der Waals surface area contributed by atoms with Crippen LogP contribution in [0.4, 0.5) is 14.6 Å². The molecule has 3 nitrogen and oxygen atoms in total. The zero-order valence-corrected chi connectivity index (χ0v) is 10.3. The van der Waals surface area contributed by atoms with Gasteiger partial charge in [-0.1, -0.05) is 0 Å². The van der Waals surface area contributed by atoms with Crippen LogP contribution in [-0.4, -0.2) is 9.78 Å². The third-order valence-electron chi connectivity index (χ3n) is 2.53. The van der Waals surface area contributed by atoms with Crippen molar-refractivity contribution in [3.63, 3.8) is 0 Å². The molecule has 1 N–H and O–H groups in total. The van der Waals surface area contributed by atoms with E-state index in [4.69, 9.17) is 0 Å². The maximum Gasteiger partial charge on any atom is 0.148 e. The second-order valence-electron chi connectivity index (χ2n) is 4.41. The van der Waals surface area contributed by atoms with Crippen LogP contribution in [-0.2, 0) is 6.54 Å². The summed E-state index contributed by atoms with van der Waals surface area (Å²) in [4.78, 5) is 0. The van der Waals surface area contributed by atoms with Crippen molar-refractivity contribution in [2.75, 3.05) is 5.32 Å². The van der Waals surface area contributed by atoms with Crippen molar-refractivity contribution in [2.45, 2.75) is 26.4 Å². The van der Waals surface area contributed by atoms with Gasteiger partial charge in [-0.15, -0.1) is 0 Å². The van der Waals surface area contributed by atoms with Crippen molar-refractivity contribution in [1.29, 1.82) is 0 Å². The molecule has 0 spiro atoms. The molecule has 2 aromatic rings. The van der Waals surface area contributed by atoms with E-state index >= 15 is 0 Å². The van der Waals surface area contributed by atoms with Gasteiger partial charge >= 0.3 is 0 Å². The first-order chi connectivity index (χ1) is 8.54. The number of hydrogen-bond donors (Lipinski definition) is 1. The summed E-state index contributed by atoms with van der Waals surface area (Å²) in [5.41, 5.74) is 0.548. The van der Waals surface area contributed by atoms with Crippen molar-refractivity contribution < 1.29 is 8.78 Å². The number of benzene rings is 1. The largest absolute Gasteiger partial charge is 0.365 e. The standard InChI is InChI=1S/C13H15F2N3/c1-9(2)18-4-3-13(17-18)16-8-10-5-11(14)7-12(15)6-10/h3-7,9H,8H2,1-2H3,(H,16,17). The molecule has 0 saturated heterocycles. The van der Waals surface area contributed by atoms with Gasteiger partial charge in [0.1, 0.15) is 17.5 Å². The highest BCUT2D eigenvalue weighted by atomic mass is 19.1. The highest BCUT2D eigenvalue weighted by Gasteiger charge is 2.03. The maximum atomic E-state index is 13.0. The van der Waals surface area contributed by atoms with Crippen LogP contribution in [0, 0.1) is 11.6 Å². The Balaban J connectivity index is 2.02. The minimum Gasteiger partial charge on any atom is -0.365 e. The van der Waals surface area contributed by atoms with Gasteiger partial charge < -0.3 is 5.32 Å². The number of nitrogens with zero attached hydrogens (tertiary/aromatic N) is 2. The minimum atomic E-state index is -0.570. The van der Waals surface area contributed by atoms with Gasteiger partial charge in [0.05, 0.1) is 0 Å². The monoisotopic (exact) mass is 251 g/mol. The third-order valence-corrected chi connectivity index (χ3v) is 2.53. The molecule has 0 aliphatic heterocycles. The predicted octanol–water partition coefficient (Wildman–Crippen LogP) is 3.35. The van der Waals surface area contributed by atoms with Crippen molar-refractivity contribution >= 4 is 5.82 Å². The van der Waals surface area contributed by atoms with Crippen molar-refractivity contribution in [3.05, 3.63) is 47.7 Å². The fraction of sp³-hybridized carbons (Fsp3) is 0.308. The summed E-state index contributed by atoms with van der Waals surface area (Å²) < 4.78 is 27.8. The molecule has 0 fully saturated rings. The number of nitrogens with one attached hydrogen (secondary N) is 1. The Morgan fingerprint density at radius 2 is 1.89 bits per heavy atom. The molecule has 1 aromatic carbocycles. The van der Waals surface area contributed by atoms with Crippen LogP contribution in [0.25, 0.3) is 0 Å². The summed E-state index contributed by atoms with van der Waals surface area (Å²) in [6.07, 6.45) is 1.86. The average molecular weight is 251 g/mol. The SMILES string of the molecule is CC(C)n1ccc(NCc2cc(F)cc(F)c2)n1. The molecule has 0 atom stereocenters. The first-order valence-corrected chi connectivity index (χ1v) is 5.78. The summed E-state index contributed by atoms with van der Waals surface area (Å²) in [6, 6.07) is 5.57. The molecule has 1 aromatic heterocycles. The Kier molecular flexibility index (Phi) is 3.60. The van der Waals surface area contributed by atoms with Gasteiger partial charge in [0.15, 0.2) is 0 Å². The molecular formula is C13H15F2N3. The molecule has 0 aliphatic carbocycles. The second kappa shape index (κ2) is 5.16. The predicted molar refractivity (Wildman–Crippen MR) is 66.3 cm³/mol. The van der Waals surface area contributed by atoms with E-state index in [-0.39, 0.29) is 6.04 Å². The quantitative estimate of drug-likeness (QED) is 0.903. The Morgan fingerprint density at radius 1 is 1.22 bits per heavy atom. The first kappa shape index (κ1) is 12.5. The van der Waals surface area contributed by atoms with Crippen LogP contribution in [0.15, 0.2) is 30.5 Å². The van der Waals surface area contributed by atoms with Gasteiger partial charge in [0.25, 0.3) is 0 Å². The fourth-order valence-electron chi connectivity index (χ4n) is 1.63. The molecule has 0 bridgehead atoms. The summed E-state index contributed by atoms with van der Waals surface area (Å²) in [6.45, 7) is 4.39. The smallest absolute Gasteiger partial charge is 0.148 e. The van der Waals surface area contributed by atoms with Crippen LogP contribution in [0.3, 0.4) is 0 Å². The van der Waals surface area contributed by atoms with E-state index in [0.717, 1.165) is 6.07 Å². The second-order valence-corrected chi connectivity index (χ2v) is 4.41. The highest BCUT2D eigenvalue weighted by Crippen LogP contribution is 2.12. The van der Waals surface area contributed by atoms with Gasteiger partial charge in [-0.2, -0.15) is 5.10 Å². The van der Waals surface area contributed by atoms with Gasteiger partial charge in [-0.05, 0) is 31.5 Å². The molecule has 0 radical (unpaired) electrons. The van der Waals surface area contributed by atoms with E-state index in [1.54, 1.807) is 0 Å². The van der Waals surface area contributed by atoms with Crippen LogP contribution in [0.5, 0.6) is 0 Å². The number of halogens is 2. The average Bonchev–Trinajstić information content (AvgIpc) is 2.73. The Morgan fingerprint density at radius 3 is 2.44 bits per heavy atom. The molecule has 18 heavy (non-hydrogen) atoms. The van der Waals surface area contributed by atoms with Crippen LogP contribution < -0.4 is 5.32 Å². The van der Waals surface area contributed by atoms with Crippen LogP contribution >= 0.6 is 0 Å². The Hall–Kier alpha value is -1.91. The third kappa shape index (κ3) is 3.06. The molecule has 0 unspecified atom stereocenters. The zero-order valence-electron chi connectivity index (χ0n) is 10.3. The van der Waals surface area contributed by atoms with E-state index in [1.165, 1.54) is 12.1 Å². The van der Waals surface area contributed by atoms with Gasteiger partial charge in [0.2, 0.25) is 0 Å². The summed E-state index contributed by atoms with van der Waals surface area (Å²) in [5, 5.41) is 7.31. The van der Waals surface area contributed by atoms with Crippen molar-refractivity contribution in [1.82, 2.24) is 9.78 Å². The highest BCUT2D eigenvalue weighted by molar-refractivity contribution is 5.34. The molecule has 0 aliphatic rings. The van der Waals surface area contributed by atoms with E-state index in [2.05, 4.69) is 10.4 Å². The number of rotatable bonds is 4. The van der Waals surface area contributed by atoms with Crippen molar-refractivity contribution in [3.8, 4) is 0 Å². The molecule has 5 heteroatoms. The lowest BCUT2D eigenvalue weighted by molar-refractivity contribution is 0.534. The molecule has 96 valence electrons. The first-order valence-electron chi connectivity index (χ1n) is 5.78. The molecule has 1 heterocycles. The van der Waals surface area contributed by atoms with E-state index in [0.29, 0.717) is 17.9 Å². The van der Waals surface area contributed by atoms with Gasteiger partial charge in [0, 0.05) is 30.9 Å². The lowest BCUT2D eigenvalue weighted by Crippen LogP contribution is -2.04. The number of anilines is 1. The number of hydrogen-bond acceptors (Lipinski definition) is 2. The van der Waals surface area contributed by atoms with Gasteiger partial charge in [-0.3, -0.25) is 4.68 Å². The molecule has 2 rings (SSSR count). The van der Waals surface area contributed by atoms with Gasteiger partial charge in [-0.25, -0.2) is 8.78 Å². The normalized spacial score (nSPS) is 10.9. The fourth-order valence-corrected chi connectivity index (χ4v) is 1.63. The molecular weight excluding hydrogens is 236 g/mol. The lowest BCUT2D eigenvalue weighted by Gasteiger charge is -2.06. The Labute approximate surface area is 104 Å². The maximum absolute atomic E-state index is 13.0. The summed E-state index contributed by atoms with van der Waals surface area (Å²) in [7, 11) is 0. The van der Waals surface area contributed by atoms with Crippen LogP contribution in [0.1, 0.15) is 25.5 Å². The van der Waals surface area contributed by atoms with E-state index < -0.39 is 11.6 Å². The van der Waals surface area contributed by atoms with E-state index in [9.17, 15) is 8.78 Å². The minimum absolute atomic E-state index is 0.284. The lowest BCUT2D eigenvalue weighted by atomic mass is 10.2. The zero-order chi connectivity index (χ0) is 13.1. The number of aromatic nitrogens is 2. The summed E-state index contributed by atoms with van der Waals surface area (Å²) >= 11 is 0. The van der Waals surface area contributed by atoms with E-state index in [1.807, 2.05) is 30.8 Å². The summed E-state index contributed by atoms with van der Waals surface area (Å²) in [5.74, 6) is -0.451. The molecule has 0 saturated carbocycles. The topological polar surface area (TPSA) is 29.9 Å². The Bertz CT molecular complexity index is 515. The van der Waals surface area contributed by atoms with Crippen molar-refractivity contribution in [2.24, 2.45) is 0 Å². The molecule has 0 amide bonds. The van der Waals surface area contributed by atoms with Crippen LogP contribution in [0.2, 0.25) is 0 Å².